The second-order valence-electron chi connectivity index (χ2n) is 6.24. The standard InChI is InChI=1S/C19H24AsN2O2/c1-13(2)8-9-20-11-15-4-6-17(14(3)10-15)24-18-7-5-16(12-22-18)19(21)23/h4-7,10,12-13H,8-9,11H2,1-3H3,(H2,21,23). The molecule has 5 heteroatoms. The van der Waals surface area contributed by atoms with Crippen LogP contribution in [0, 0.1) is 12.8 Å². The van der Waals surface area contributed by atoms with Gasteiger partial charge in [-0.25, -0.2) is 0 Å². The molecule has 1 heterocycles. The fraction of sp³-hybridized carbons (Fsp3) is 0.368. The van der Waals surface area contributed by atoms with Crippen LogP contribution in [0.15, 0.2) is 36.5 Å². The first-order valence-corrected chi connectivity index (χ1v) is 10.8. The molecule has 0 atom stereocenters. The third kappa shape index (κ3) is 5.68. The number of hydrogen-bond donors (Lipinski definition) is 1. The van der Waals surface area contributed by atoms with Crippen LogP contribution in [0.25, 0.3) is 0 Å². The van der Waals surface area contributed by atoms with Gasteiger partial charge in [0.1, 0.15) is 0 Å². The molecule has 0 aliphatic carbocycles. The topological polar surface area (TPSA) is 65.2 Å². The fourth-order valence-corrected chi connectivity index (χ4v) is 4.93. The van der Waals surface area contributed by atoms with Gasteiger partial charge in [0.15, 0.2) is 0 Å². The normalized spacial score (nSPS) is 11.3. The molecule has 0 saturated carbocycles. The molecular weight excluding hydrogens is 363 g/mol. The Morgan fingerprint density at radius 1 is 1.29 bits per heavy atom. The SMILES string of the molecule is Cc1cc(C[As]CCC(C)C)ccc1Oc1ccc(C(N)=O)cn1. The number of rotatable bonds is 8. The van der Waals surface area contributed by atoms with E-state index in [1.165, 1.54) is 28.6 Å². The summed E-state index contributed by atoms with van der Waals surface area (Å²) in [5.74, 6) is 1.55. The van der Waals surface area contributed by atoms with E-state index in [4.69, 9.17) is 10.5 Å². The molecule has 127 valence electrons. The number of aryl methyl sites for hydroxylation is 1. The Morgan fingerprint density at radius 3 is 2.67 bits per heavy atom. The number of carbonyl (C=O) groups excluding carboxylic acids is 1. The second kappa shape index (κ2) is 8.89. The van der Waals surface area contributed by atoms with Gasteiger partial charge in [0.05, 0.1) is 0 Å². The van der Waals surface area contributed by atoms with Crippen LogP contribution >= 0.6 is 0 Å². The van der Waals surface area contributed by atoms with Crippen molar-refractivity contribution in [2.45, 2.75) is 37.6 Å². The van der Waals surface area contributed by atoms with Crippen molar-refractivity contribution in [3.8, 4) is 11.6 Å². The Bertz CT molecular complexity index is 684. The summed E-state index contributed by atoms with van der Waals surface area (Å²) in [6.45, 7) is 6.60. The van der Waals surface area contributed by atoms with Gasteiger partial charge < -0.3 is 0 Å². The number of benzene rings is 1. The summed E-state index contributed by atoms with van der Waals surface area (Å²) in [6, 6.07) is 9.60. The second-order valence-corrected chi connectivity index (χ2v) is 8.78. The van der Waals surface area contributed by atoms with E-state index in [9.17, 15) is 4.79 Å². The summed E-state index contributed by atoms with van der Waals surface area (Å²) in [5, 5.41) is 2.55. The van der Waals surface area contributed by atoms with Crippen LogP contribution in [0.2, 0.25) is 5.21 Å². The minimum atomic E-state index is -0.491. The number of ether oxygens (including phenoxy) is 1. The van der Waals surface area contributed by atoms with Crippen LogP contribution in [-0.2, 0) is 5.21 Å². The van der Waals surface area contributed by atoms with E-state index in [1.807, 2.05) is 13.0 Å². The molecule has 0 bridgehead atoms. The summed E-state index contributed by atoms with van der Waals surface area (Å²) in [7, 11) is 0. The first-order chi connectivity index (χ1) is 11.5. The van der Waals surface area contributed by atoms with Gasteiger partial charge in [-0.3, -0.25) is 0 Å². The average Bonchev–Trinajstić information content (AvgIpc) is 2.54. The molecule has 0 aliphatic rings. The van der Waals surface area contributed by atoms with Gasteiger partial charge in [-0.15, -0.1) is 0 Å². The number of hydrogen-bond acceptors (Lipinski definition) is 3. The van der Waals surface area contributed by atoms with E-state index >= 15 is 0 Å². The van der Waals surface area contributed by atoms with Crippen molar-refractivity contribution in [1.29, 1.82) is 0 Å². The predicted molar refractivity (Wildman–Crippen MR) is 97.7 cm³/mol. The van der Waals surface area contributed by atoms with Crippen LogP contribution in [-0.4, -0.2) is 26.6 Å². The zero-order valence-corrected chi connectivity index (χ0v) is 16.3. The number of carbonyl (C=O) groups is 1. The van der Waals surface area contributed by atoms with Crippen LogP contribution in [0.4, 0.5) is 0 Å². The van der Waals surface area contributed by atoms with Crippen molar-refractivity contribution >= 4 is 21.7 Å². The molecule has 1 aromatic carbocycles. The van der Waals surface area contributed by atoms with Gasteiger partial charge >= 0.3 is 150 Å². The molecule has 4 nitrogen and oxygen atoms in total. The number of pyridine rings is 1. The zero-order valence-electron chi connectivity index (χ0n) is 14.5. The van der Waals surface area contributed by atoms with E-state index in [-0.39, 0.29) is 0 Å². The van der Waals surface area contributed by atoms with Crippen LogP contribution < -0.4 is 10.5 Å². The molecule has 0 spiro atoms. The number of primary amides is 1. The fourth-order valence-electron chi connectivity index (χ4n) is 2.18. The van der Waals surface area contributed by atoms with Gasteiger partial charge in [-0.2, -0.15) is 0 Å². The van der Waals surface area contributed by atoms with Crippen LogP contribution in [0.5, 0.6) is 11.6 Å². The Kier molecular flexibility index (Phi) is 6.86. The molecule has 2 aromatic rings. The Hall–Kier alpha value is -1.80. The summed E-state index contributed by atoms with van der Waals surface area (Å²) in [4.78, 5) is 15.2. The molecule has 1 radical (unpaired) electrons. The Labute approximate surface area is 150 Å². The maximum atomic E-state index is 11.1. The van der Waals surface area contributed by atoms with E-state index in [2.05, 4.69) is 31.0 Å². The van der Waals surface area contributed by atoms with Crippen molar-refractivity contribution in [1.82, 2.24) is 4.98 Å². The molecule has 1 amide bonds. The first kappa shape index (κ1) is 18.5. The minimum absolute atomic E-state index is 0.374. The molecular formula is C19H24AsN2O2. The Balaban J connectivity index is 1.95. The van der Waals surface area contributed by atoms with Crippen molar-refractivity contribution in [3.63, 3.8) is 0 Å². The summed E-state index contributed by atoms with van der Waals surface area (Å²) in [5.41, 5.74) is 8.05. The number of aromatic nitrogens is 1. The summed E-state index contributed by atoms with van der Waals surface area (Å²) < 4.78 is 5.80. The molecule has 0 unspecified atom stereocenters. The molecule has 1 aromatic heterocycles. The van der Waals surface area contributed by atoms with E-state index in [0.717, 1.165) is 17.2 Å². The van der Waals surface area contributed by atoms with E-state index < -0.39 is 5.91 Å². The summed E-state index contributed by atoms with van der Waals surface area (Å²) >= 11 is 0.379. The van der Waals surface area contributed by atoms with Crippen molar-refractivity contribution in [2.24, 2.45) is 11.7 Å². The third-order valence-corrected chi connectivity index (χ3v) is 6.07. The molecule has 0 aliphatic heterocycles. The molecule has 2 N–H and O–H groups in total. The van der Waals surface area contributed by atoms with Gasteiger partial charge in [-0.05, 0) is 0 Å². The van der Waals surface area contributed by atoms with Crippen molar-refractivity contribution < 1.29 is 9.53 Å². The van der Waals surface area contributed by atoms with Gasteiger partial charge in [-0.1, -0.05) is 0 Å². The molecule has 0 fully saturated rings. The van der Waals surface area contributed by atoms with Crippen LogP contribution in [0.3, 0.4) is 0 Å². The molecule has 2 rings (SSSR count). The number of amides is 1. The number of nitrogens with zero attached hydrogens (tertiary/aromatic N) is 1. The monoisotopic (exact) mass is 387 g/mol. The predicted octanol–water partition coefficient (Wildman–Crippen LogP) is 3.95. The average molecular weight is 387 g/mol. The van der Waals surface area contributed by atoms with Crippen molar-refractivity contribution in [3.05, 3.63) is 53.2 Å². The summed E-state index contributed by atoms with van der Waals surface area (Å²) in [6.07, 6.45) is 2.76. The van der Waals surface area contributed by atoms with E-state index in [0.29, 0.717) is 27.2 Å². The van der Waals surface area contributed by atoms with Crippen LogP contribution in [0.1, 0.15) is 41.8 Å². The van der Waals surface area contributed by atoms with Crippen molar-refractivity contribution in [2.75, 3.05) is 0 Å². The molecule has 0 saturated heterocycles. The quantitative estimate of drug-likeness (QED) is 0.551. The first-order valence-electron chi connectivity index (χ1n) is 8.12. The third-order valence-electron chi connectivity index (χ3n) is 3.63. The molecule has 24 heavy (non-hydrogen) atoms. The maximum absolute atomic E-state index is 11.1. The Morgan fingerprint density at radius 2 is 2.08 bits per heavy atom. The van der Waals surface area contributed by atoms with Gasteiger partial charge in [0.25, 0.3) is 0 Å². The number of nitrogens with two attached hydrogens (primary N) is 1. The van der Waals surface area contributed by atoms with Gasteiger partial charge in [0, 0.05) is 0 Å². The van der Waals surface area contributed by atoms with Gasteiger partial charge in [0.2, 0.25) is 0 Å². The zero-order chi connectivity index (χ0) is 17.5. The van der Waals surface area contributed by atoms with E-state index in [1.54, 1.807) is 12.1 Å².